The van der Waals surface area contributed by atoms with E-state index in [9.17, 15) is 14.4 Å². The molecule has 2 amide bonds. The minimum Gasteiger partial charge on any atom is -0.457 e. The van der Waals surface area contributed by atoms with Crippen LogP contribution in [0.5, 0.6) is 11.5 Å². The number of esters is 1. The molecule has 1 heterocycles. The van der Waals surface area contributed by atoms with Crippen LogP contribution in [0.2, 0.25) is 0 Å². The van der Waals surface area contributed by atoms with Crippen LogP contribution in [0.1, 0.15) is 21.1 Å². The molecule has 0 aliphatic carbocycles. The van der Waals surface area contributed by atoms with Crippen LogP contribution in [0.3, 0.4) is 0 Å². The van der Waals surface area contributed by atoms with Gasteiger partial charge in [0, 0.05) is 11.1 Å². The molecule has 2 aromatic carbocycles. The topological polar surface area (TPSA) is 107 Å². The maximum atomic E-state index is 12.2. The number of hydrazine groups is 1. The molecule has 0 bridgehead atoms. The number of thiazole rings is 1. The van der Waals surface area contributed by atoms with Crippen molar-refractivity contribution in [2.45, 2.75) is 13.3 Å². The number of amides is 2. The molecule has 9 heteroatoms. The number of carbonyl (C=O) groups is 3. The summed E-state index contributed by atoms with van der Waals surface area (Å²) in [6.07, 6.45) is 0.0484. The molecule has 2 N–H and O–H groups in total. The summed E-state index contributed by atoms with van der Waals surface area (Å²) in [5.41, 5.74) is 5.52. The summed E-state index contributed by atoms with van der Waals surface area (Å²) >= 11 is 1.36. The van der Waals surface area contributed by atoms with Gasteiger partial charge in [0.25, 0.3) is 5.91 Å². The fourth-order valence-corrected chi connectivity index (χ4v) is 3.14. The molecule has 0 spiro atoms. The summed E-state index contributed by atoms with van der Waals surface area (Å²) in [5.74, 6) is -0.678. The molecule has 0 unspecified atom stereocenters. The van der Waals surface area contributed by atoms with Gasteiger partial charge in [-0.15, -0.1) is 11.3 Å². The van der Waals surface area contributed by atoms with E-state index < -0.39 is 24.4 Å². The number of para-hydroxylation sites is 1. The third-order valence-electron chi connectivity index (χ3n) is 3.70. The second kappa shape index (κ2) is 10.2. The van der Waals surface area contributed by atoms with Gasteiger partial charge in [0.15, 0.2) is 6.61 Å². The van der Waals surface area contributed by atoms with E-state index in [0.717, 1.165) is 5.69 Å². The fraction of sp³-hybridized carbons (Fsp3) is 0.143. The monoisotopic (exact) mass is 425 g/mol. The van der Waals surface area contributed by atoms with Crippen LogP contribution in [0.15, 0.2) is 60.0 Å². The molecule has 3 aromatic rings. The Balaban J connectivity index is 1.44. The minimum absolute atomic E-state index is 0.0484. The molecule has 0 fully saturated rings. The Kier molecular flexibility index (Phi) is 7.12. The van der Waals surface area contributed by atoms with Crippen LogP contribution in [-0.2, 0) is 20.7 Å². The predicted molar refractivity (Wildman–Crippen MR) is 110 cm³/mol. The summed E-state index contributed by atoms with van der Waals surface area (Å²) < 4.78 is 10.7. The number of hydrogen-bond donors (Lipinski definition) is 2. The normalized spacial score (nSPS) is 10.2. The van der Waals surface area contributed by atoms with Crippen LogP contribution in [-0.4, -0.2) is 29.4 Å². The fourth-order valence-electron chi connectivity index (χ4n) is 2.37. The standard InChI is InChI=1S/C21H19N3O5S/c1-14-13-30-20(22-14)11-18(25)23-24-19(26)12-28-21(27)15-6-5-9-17(10-15)29-16-7-3-2-4-8-16/h2-10,13H,11-12H2,1H3,(H,23,25)(H,24,26). The van der Waals surface area contributed by atoms with Crippen molar-refractivity contribution in [3.05, 3.63) is 76.2 Å². The highest BCUT2D eigenvalue weighted by atomic mass is 32.1. The first-order chi connectivity index (χ1) is 14.5. The lowest BCUT2D eigenvalue weighted by atomic mass is 10.2. The van der Waals surface area contributed by atoms with Crippen molar-refractivity contribution in [3.8, 4) is 11.5 Å². The van der Waals surface area contributed by atoms with Gasteiger partial charge in [-0.1, -0.05) is 24.3 Å². The highest BCUT2D eigenvalue weighted by molar-refractivity contribution is 7.09. The third-order valence-corrected chi connectivity index (χ3v) is 4.67. The maximum Gasteiger partial charge on any atom is 0.338 e. The Morgan fingerprint density at radius 2 is 1.70 bits per heavy atom. The number of aromatic nitrogens is 1. The van der Waals surface area contributed by atoms with E-state index in [2.05, 4.69) is 15.8 Å². The molecule has 0 saturated heterocycles. The van der Waals surface area contributed by atoms with Crippen LogP contribution in [0.25, 0.3) is 0 Å². The Morgan fingerprint density at radius 1 is 0.967 bits per heavy atom. The van der Waals surface area contributed by atoms with Crippen LogP contribution in [0.4, 0.5) is 0 Å². The molecule has 3 rings (SSSR count). The number of ether oxygens (including phenoxy) is 2. The van der Waals surface area contributed by atoms with Crippen molar-refractivity contribution in [3.63, 3.8) is 0 Å². The zero-order chi connectivity index (χ0) is 21.3. The molecule has 0 aliphatic rings. The van der Waals surface area contributed by atoms with Gasteiger partial charge in [-0.25, -0.2) is 9.78 Å². The van der Waals surface area contributed by atoms with Crippen molar-refractivity contribution >= 4 is 29.1 Å². The highest BCUT2D eigenvalue weighted by Gasteiger charge is 2.13. The Labute approximate surface area is 176 Å². The lowest BCUT2D eigenvalue weighted by Gasteiger charge is -2.09. The first-order valence-corrected chi connectivity index (χ1v) is 9.86. The first-order valence-electron chi connectivity index (χ1n) is 8.98. The summed E-state index contributed by atoms with van der Waals surface area (Å²) in [4.78, 5) is 40.0. The smallest absolute Gasteiger partial charge is 0.338 e. The average molecular weight is 425 g/mol. The summed E-state index contributed by atoms with van der Waals surface area (Å²) in [5, 5.41) is 2.48. The average Bonchev–Trinajstić information content (AvgIpc) is 3.16. The molecular formula is C21H19N3O5S. The van der Waals surface area contributed by atoms with Gasteiger partial charge in [0.05, 0.1) is 12.0 Å². The molecular weight excluding hydrogens is 406 g/mol. The lowest BCUT2D eigenvalue weighted by Crippen LogP contribution is -2.44. The zero-order valence-electron chi connectivity index (χ0n) is 16.1. The minimum atomic E-state index is -0.687. The van der Waals surface area contributed by atoms with E-state index >= 15 is 0 Å². The second-order valence-electron chi connectivity index (χ2n) is 6.17. The molecule has 0 atom stereocenters. The number of carbonyl (C=O) groups excluding carboxylic acids is 3. The highest BCUT2D eigenvalue weighted by Crippen LogP contribution is 2.22. The Bertz CT molecular complexity index is 1040. The third kappa shape index (κ3) is 6.42. The molecule has 0 radical (unpaired) electrons. The molecule has 0 saturated carbocycles. The number of rotatable bonds is 7. The van der Waals surface area contributed by atoms with Crippen molar-refractivity contribution in [1.82, 2.24) is 15.8 Å². The maximum absolute atomic E-state index is 12.2. The molecule has 0 aliphatic heterocycles. The van der Waals surface area contributed by atoms with Crippen molar-refractivity contribution in [2.24, 2.45) is 0 Å². The van der Waals surface area contributed by atoms with E-state index in [1.165, 1.54) is 17.4 Å². The van der Waals surface area contributed by atoms with E-state index in [1.54, 1.807) is 30.3 Å². The van der Waals surface area contributed by atoms with E-state index in [-0.39, 0.29) is 12.0 Å². The molecule has 8 nitrogen and oxygen atoms in total. The van der Waals surface area contributed by atoms with E-state index in [1.807, 2.05) is 30.5 Å². The number of nitrogens with zero attached hydrogens (tertiary/aromatic N) is 1. The van der Waals surface area contributed by atoms with Gasteiger partial charge < -0.3 is 9.47 Å². The predicted octanol–water partition coefficient (Wildman–Crippen LogP) is 2.79. The van der Waals surface area contributed by atoms with Crippen molar-refractivity contribution < 1.29 is 23.9 Å². The Hall–Kier alpha value is -3.72. The van der Waals surface area contributed by atoms with Crippen LogP contribution in [0, 0.1) is 6.92 Å². The van der Waals surface area contributed by atoms with Gasteiger partial charge in [-0.3, -0.25) is 20.4 Å². The van der Waals surface area contributed by atoms with Gasteiger partial charge in [-0.05, 0) is 37.3 Å². The van der Waals surface area contributed by atoms with Crippen LogP contribution >= 0.6 is 11.3 Å². The lowest BCUT2D eigenvalue weighted by molar-refractivity contribution is -0.130. The van der Waals surface area contributed by atoms with Gasteiger partial charge in [0.1, 0.15) is 16.5 Å². The summed E-state index contributed by atoms with van der Waals surface area (Å²) in [6, 6.07) is 15.5. The van der Waals surface area contributed by atoms with Crippen molar-refractivity contribution in [1.29, 1.82) is 0 Å². The SMILES string of the molecule is Cc1csc(CC(=O)NNC(=O)COC(=O)c2cccc(Oc3ccccc3)c2)n1. The molecule has 1 aromatic heterocycles. The second-order valence-corrected chi connectivity index (χ2v) is 7.12. The largest absolute Gasteiger partial charge is 0.457 e. The zero-order valence-corrected chi connectivity index (χ0v) is 16.9. The number of hydrogen-bond acceptors (Lipinski definition) is 7. The number of benzene rings is 2. The first kappa shape index (κ1) is 21.0. The molecule has 154 valence electrons. The quantitative estimate of drug-likeness (QED) is 0.445. The van der Waals surface area contributed by atoms with E-state index in [0.29, 0.717) is 16.5 Å². The Morgan fingerprint density at radius 3 is 2.43 bits per heavy atom. The molecule has 30 heavy (non-hydrogen) atoms. The van der Waals surface area contributed by atoms with Gasteiger partial charge >= 0.3 is 5.97 Å². The van der Waals surface area contributed by atoms with Crippen molar-refractivity contribution in [2.75, 3.05) is 6.61 Å². The van der Waals surface area contributed by atoms with Crippen LogP contribution < -0.4 is 15.6 Å². The van der Waals surface area contributed by atoms with Gasteiger partial charge in [-0.2, -0.15) is 0 Å². The summed E-state index contributed by atoms with van der Waals surface area (Å²) in [6.45, 7) is 1.29. The number of nitrogens with one attached hydrogen (secondary N) is 2. The summed E-state index contributed by atoms with van der Waals surface area (Å²) in [7, 11) is 0. The van der Waals surface area contributed by atoms with Gasteiger partial charge in [0.2, 0.25) is 5.91 Å². The number of aryl methyl sites for hydroxylation is 1. The van der Waals surface area contributed by atoms with E-state index in [4.69, 9.17) is 9.47 Å².